The van der Waals surface area contributed by atoms with E-state index in [4.69, 9.17) is 5.14 Å². The van der Waals surface area contributed by atoms with Gasteiger partial charge in [-0.15, -0.1) is 0 Å². The van der Waals surface area contributed by atoms with Crippen LogP contribution in [-0.4, -0.2) is 25.3 Å². The number of sulfonamides is 1. The van der Waals surface area contributed by atoms with Crippen molar-refractivity contribution in [2.75, 3.05) is 5.75 Å². The Morgan fingerprint density at radius 3 is 2.61 bits per heavy atom. The lowest BCUT2D eigenvalue weighted by atomic mass is 10.1. The normalized spacial score (nSPS) is 18.0. The fourth-order valence-corrected chi connectivity index (χ4v) is 5.85. The van der Waals surface area contributed by atoms with E-state index in [2.05, 4.69) is 5.32 Å². The van der Waals surface area contributed by atoms with E-state index in [-0.39, 0.29) is 10.8 Å². The molecule has 2 rings (SSSR count). The van der Waals surface area contributed by atoms with Gasteiger partial charge in [0, 0.05) is 24.0 Å². The zero-order valence-electron chi connectivity index (χ0n) is 12.9. The Kier molecular flexibility index (Phi) is 7.26. The first kappa shape index (κ1) is 18.6. The van der Waals surface area contributed by atoms with Gasteiger partial charge in [0.1, 0.15) is 0 Å². The topological polar surface area (TPSA) is 89.3 Å². The summed E-state index contributed by atoms with van der Waals surface area (Å²) < 4.78 is 22.3. The average Bonchev–Trinajstić information content (AvgIpc) is 3.02. The molecule has 5 nitrogen and oxygen atoms in total. The number of carbonyl (C=O) groups excluding carboxylic acids is 1. The second-order valence-electron chi connectivity index (χ2n) is 5.54. The molecular weight excluding hydrogens is 352 g/mol. The van der Waals surface area contributed by atoms with Gasteiger partial charge in [-0.1, -0.05) is 40.1 Å². The molecule has 0 bridgehead atoms. The standard InChI is InChI=1S/C15H22N2O3S3/c16-23(19,20)14-7-5-12(6-8-14)11-17-15(18)4-2-1-3-13-9-10-21-22-13/h5-8,13H,1-4,9-11H2,(H,17,18)(H2,16,19,20)/t13-/m0/s1. The summed E-state index contributed by atoms with van der Waals surface area (Å²) in [5, 5.41) is 8.66. The molecule has 0 radical (unpaired) electrons. The Hall–Kier alpha value is -0.700. The Labute approximate surface area is 145 Å². The molecule has 0 aliphatic carbocycles. The van der Waals surface area contributed by atoms with Gasteiger partial charge >= 0.3 is 0 Å². The van der Waals surface area contributed by atoms with Gasteiger partial charge in [0.25, 0.3) is 0 Å². The summed E-state index contributed by atoms with van der Waals surface area (Å²) in [6.45, 7) is 0.402. The minimum atomic E-state index is -3.66. The Morgan fingerprint density at radius 1 is 1.26 bits per heavy atom. The summed E-state index contributed by atoms with van der Waals surface area (Å²) in [5.74, 6) is 1.29. The molecule has 1 atom stereocenters. The van der Waals surface area contributed by atoms with Gasteiger partial charge in [-0.3, -0.25) is 4.79 Å². The quantitative estimate of drug-likeness (QED) is 0.539. The lowest BCUT2D eigenvalue weighted by molar-refractivity contribution is -0.121. The highest BCUT2D eigenvalue weighted by Crippen LogP contribution is 2.39. The minimum Gasteiger partial charge on any atom is -0.352 e. The molecule has 8 heteroatoms. The molecule has 128 valence electrons. The summed E-state index contributed by atoms with van der Waals surface area (Å²) >= 11 is 0. The first-order valence-electron chi connectivity index (χ1n) is 7.62. The van der Waals surface area contributed by atoms with Crippen molar-refractivity contribution in [1.82, 2.24) is 5.32 Å². The summed E-state index contributed by atoms with van der Waals surface area (Å²) in [7, 11) is 0.259. The van der Waals surface area contributed by atoms with Crippen molar-refractivity contribution in [2.45, 2.75) is 48.8 Å². The van der Waals surface area contributed by atoms with Crippen molar-refractivity contribution < 1.29 is 13.2 Å². The average molecular weight is 375 g/mol. The van der Waals surface area contributed by atoms with Gasteiger partial charge in [0.15, 0.2) is 0 Å². The van der Waals surface area contributed by atoms with Crippen LogP contribution in [0.3, 0.4) is 0 Å². The molecule has 1 aliphatic rings. The molecule has 0 spiro atoms. The summed E-state index contributed by atoms with van der Waals surface area (Å²) in [5.41, 5.74) is 0.852. The molecular formula is C15H22N2O3S3. The number of hydrogen-bond donors (Lipinski definition) is 2. The predicted octanol–water partition coefficient (Wildman–Crippen LogP) is 2.66. The molecule has 1 aromatic carbocycles. The van der Waals surface area contributed by atoms with Crippen LogP contribution in [0.25, 0.3) is 0 Å². The van der Waals surface area contributed by atoms with E-state index in [1.165, 1.54) is 30.7 Å². The molecule has 1 aliphatic heterocycles. The van der Waals surface area contributed by atoms with E-state index >= 15 is 0 Å². The number of rotatable bonds is 8. The molecule has 23 heavy (non-hydrogen) atoms. The van der Waals surface area contributed by atoms with Crippen LogP contribution in [0.4, 0.5) is 0 Å². The molecule has 0 aromatic heterocycles. The van der Waals surface area contributed by atoms with E-state index in [9.17, 15) is 13.2 Å². The summed E-state index contributed by atoms with van der Waals surface area (Å²) in [6.07, 6.45) is 5.03. The highest BCUT2D eigenvalue weighted by atomic mass is 33.1. The molecule has 0 saturated carbocycles. The first-order valence-corrected chi connectivity index (χ1v) is 11.5. The second-order valence-corrected chi connectivity index (χ2v) is 9.89. The van der Waals surface area contributed by atoms with Crippen molar-refractivity contribution in [3.8, 4) is 0 Å². The van der Waals surface area contributed by atoms with E-state index < -0.39 is 10.0 Å². The Bertz CT molecular complexity index is 611. The number of carbonyl (C=O) groups is 1. The van der Waals surface area contributed by atoms with E-state index in [0.29, 0.717) is 13.0 Å². The lowest BCUT2D eigenvalue weighted by Crippen LogP contribution is -2.22. The number of nitrogens with two attached hydrogens (primary N) is 1. The number of benzene rings is 1. The van der Waals surface area contributed by atoms with E-state index in [0.717, 1.165) is 23.7 Å². The van der Waals surface area contributed by atoms with Gasteiger partial charge in [-0.2, -0.15) is 0 Å². The van der Waals surface area contributed by atoms with Crippen LogP contribution >= 0.6 is 21.6 Å². The molecule has 1 amide bonds. The van der Waals surface area contributed by atoms with Crippen molar-refractivity contribution in [3.05, 3.63) is 29.8 Å². The van der Waals surface area contributed by atoms with Crippen molar-refractivity contribution in [1.29, 1.82) is 0 Å². The monoisotopic (exact) mass is 374 g/mol. The van der Waals surface area contributed by atoms with Crippen LogP contribution < -0.4 is 10.5 Å². The number of unbranched alkanes of at least 4 members (excludes halogenated alkanes) is 1. The maximum absolute atomic E-state index is 11.8. The van der Waals surface area contributed by atoms with Crippen molar-refractivity contribution in [3.63, 3.8) is 0 Å². The first-order chi connectivity index (χ1) is 10.9. The van der Waals surface area contributed by atoms with Gasteiger partial charge in [0.05, 0.1) is 4.90 Å². The third-order valence-electron chi connectivity index (χ3n) is 3.65. The van der Waals surface area contributed by atoms with Crippen LogP contribution in [0.5, 0.6) is 0 Å². The van der Waals surface area contributed by atoms with Crippen LogP contribution in [0, 0.1) is 0 Å². The van der Waals surface area contributed by atoms with Crippen LogP contribution in [0.15, 0.2) is 29.2 Å². The zero-order valence-corrected chi connectivity index (χ0v) is 15.3. The summed E-state index contributed by atoms with van der Waals surface area (Å²) in [4.78, 5) is 11.9. The van der Waals surface area contributed by atoms with Gasteiger partial charge in [-0.25, -0.2) is 13.6 Å². The molecule has 1 heterocycles. The molecule has 3 N–H and O–H groups in total. The third kappa shape index (κ3) is 6.74. The van der Waals surface area contributed by atoms with Crippen molar-refractivity contribution in [2.24, 2.45) is 5.14 Å². The molecule has 1 fully saturated rings. The number of amides is 1. The van der Waals surface area contributed by atoms with Gasteiger partial charge < -0.3 is 5.32 Å². The second kappa shape index (κ2) is 8.96. The number of primary sulfonamides is 1. The summed E-state index contributed by atoms with van der Waals surface area (Å²) in [6, 6.07) is 6.23. The minimum absolute atomic E-state index is 0.0361. The fourth-order valence-electron chi connectivity index (χ4n) is 2.31. The smallest absolute Gasteiger partial charge is 0.238 e. The zero-order chi connectivity index (χ0) is 16.7. The van der Waals surface area contributed by atoms with Crippen molar-refractivity contribution >= 4 is 37.5 Å². The molecule has 0 unspecified atom stereocenters. The van der Waals surface area contributed by atoms with Gasteiger partial charge in [-0.05, 0) is 37.0 Å². The number of hydrogen-bond acceptors (Lipinski definition) is 5. The van der Waals surface area contributed by atoms with Gasteiger partial charge in [0.2, 0.25) is 15.9 Å². The maximum Gasteiger partial charge on any atom is 0.238 e. The van der Waals surface area contributed by atoms with Crippen LogP contribution in [0.1, 0.15) is 37.7 Å². The fraction of sp³-hybridized carbons (Fsp3) is 0.533. The highest BCUT2D eigenvalue weighted by Gasteiger charge is 2.15. The molecule has 1 saturated heterocycles. The third-order valence-corrected chi connectivity index (χ3v) is 7.58. The van der Waals surface area contributed by atoms with E-state index in [1.807, 2.05) is 21.6 Å². The largest absolute Gasteiger partial charge is 0.352 e. The maximum atomic E-state index is 11.8. The highest BCUT2D eigenvalue weighted by molar-refractivity contribution is 8.77. The predicted molar refractivity (Wildman–Crippen MR) is 96.6 cm³/mol. The number of nitrogens with one attached hydrogen (secondary N) is 1. The van der Waals surface area contributed by atoms with E-state index in [1.54, 1.807) is 12.1 Å². The van der Waals surface area contributed by atoms with Crippen LogP contribution in [-0.2, 0) is 21.4 Å². The lowest BCUT2D eigenvalue weighted by Gasteiger charge is -2.08. The SMILES string of the molecule is NS(=O)(=O)c1ccc(CNC(=O)CCCC[C@H]2CCSS2)cc1. The Balaban J connectivity index is 1.63. The Morgan fingerprint density at radius 2 is 2.00 bits per heavy atom. The molecule has 1 aromatic rings. The van der Waals surface area contributed by atoms with Crippen LogP contribution in [0.2, 0.25) is 0 Å².